The molecule has 2 aliphatic rings. The van der Waals surface area contributed by atoms with E-state index in [1.807, 2.05) is 0 Å². The maximum absolute atomic E-state index is 4.60. The summed E-state index contributed by atoms with van der Waals surface area (Å²) in [6, 6.07) is 0. The third-order valence-corrected chi connectivity index (χ3v) is 4.11. The van der Waals surface area contributed by atoms with E-state index >= 15 is 0 Å². The average molecular weight is 219 g/mol. The number of nitrogens with zero attached hydrogens (tertiary/aromatic N) is 1. The van der Waals surface area contributed by atoms with Crippen LogP contribution in [0, 0.1) is 0 Å². The van der Waals surface area contributed by atoms with Crippen LogP contribution in [-0.4, -0.2) is 23.1 Å². The fourth-order valence-corrected chi connectivity index (χ4v) is 3.06. The van der Waals surface area contributed by atoms with Crippen molar-refractivity contribution in [1.29, 1.82) is 0 Å². The molecule has 1 saturated carbocycles. The second-order valence-corrected chi connectivity index (χ2v) is 5.25. The van der Waals surface area contributed by atoms with Crippen molar-refractivity contribution in [2.24, 2.45) is 0 Å². The van der Waals surface area contributed by atoms with Crippen LogP contribution in [0.5, 0.6) is 0 Å². The number of aromatic amines is 1. The highest BCUT2D eigenvalue weighted by atomic mass is 15.0. The van der Waals surface area contributed by atoms with Crippen molar-refractivity contribution >= 4 is 0 Å². The highest BCUT2D eigenvalue weighted by molar-refractivity contribution is 5.12. The predicted octanol–water partition coefficient (Wildman–Crippen LogP) is 2.53. The lowest BCUT2D eigenvalue weighted by Crippen LogP contribution is -2.09. The summed E-state index contributed by atoms with van der Waals surface area (Å²) in [5, 5.41) is 3.41. The molecular formula is C13H21N3. The molecule has 1 aromatic heterocycles. The van der Waals surface area contributed by atoms with Crippen molar-refractivity contribution in [3.05, 3.63) is 17.7 Å². The van der Waals surface area contributed by atoms with E-state index in [9.17, 15) is 0 Å². The van der Waals surface area contributed by atoms with Gasteiger partial charge in [-0.1, -0.05) is 19.3 Å². The van der Waals surface area contributed by atoms with Gasteiger partial charge < -0.3 is 10.3 Å². The van der Waals surface area contributed by atoms with Crippen molar-refractivity contribution in [3.63, 3.8) is 0 Å². The van der Waals surface area contributed by atoms with Gasteiger partial charge in [0.2, 0.25) is 0 Å². The third kappa shape index (κ3) is 2.01. The standard InChI is InChI=1S/C13H21N3/c1-2-4-10(5-3-1)13-15-9-12(16-13)11-6-7-14-8-11/h9-11,14H,1-8H2,(H,15,16). The van der Waals surface area contributed by atoms with Crippen molar-refractivity contribution in [3.8, 4) is 0 Å². The van der Waals surface area contributed by atoms with Gasteiger partial charge in [-0.05, 0) is 25.8 Å². The molecule has 3 rings (SSSR count). The van der Waals surface area contributed by atoms with E-state index in [4.69, 9.17) is 0 Å². The van der Waals surface area contributed by atoms with Gasteiger partial charge in [0.15, 0.2) is 0 Å². The average Bonchev–Trinajstić information content (AvgIpc) is 3.01. The lowest BCUT2D eigenvalue weighted by molar-refractivity contribution is 0.430. The number of H-pyrrole nitrogens is 1. The van der Waals surface area contributed by atoms with E-state index in [2.05, 4.69) is 21.5 Å². The quantitative estimate of drug-likeness (QED) is 0.802. The molecule has 1 aliphatic heterocycles. The van der Waals surface area contributed by atoms with Gasteiger partial charge in [-0.15, -0.1) is 0 Å². The molecule has 1 saturated heterocycles. The molecule has 1 atom stereocenters. The van der Waals surface area contributed by atoms with Gasteiger partial charge in [0, 0.05) is 30.3 Å². The molecule has 16 heavy (non-hydrogen) atoms. The molecule has 0 radical (unpaired) electrons. The van der Waals surface area contributed by atoms with Crippen LogP contribution in [0.2, 0.25) is 0 Å². The summed E-state index contributed by atoms with van der Waals surface area (Å²) < 4.78 is 0. The summed E-state index contributed by atoms with van der Waals surface area (Å²) >= 11 is 0. The second-order valence-electron chi connectivity index (χ2n) is 5.25. The molecule has 1 unspecified atom stereocenters. The van der Waals surface area contributed by atoms with Gasteiger partial charge in [-0.25, -0.2) is 4.98 Å². The van der Waals surface area contributed by atoms with Crippen molar-refractivity contribution in [1.82, 2.24) is 15.3 Å². The molecule has 0 amide bonds. The zero-order chi connectivity index (χ0) is 10.8. The van der Waals surface area contributed by atoms with Crippen LogP contribution in [0.15, 0.2) is 6.20 Å². The highest BCUT2D eigenvalue weighted by Gasteiger charge is 2.22. The van der Waals surface area contributed by atoms with Gasteiger partial charge in [0.1, 0.15) is 5.82 Å². The summed E-state index contributed by atoms with van der Waals surface area (Å²) in [6.07, 6.45) is 10.2. The number of imidazole rings is 1. The van der Waals surface area contributed by atoms with E-state index in [0.717, 1.165) is 13.1 Å². The summed E-state index contributed by atoms with van der Waals surface area (Å²) in [6.45, 7) is 2.27. The molecular weight excluding hydrogens is 198 g/mol. The topological polar surface area (TPSA) is 40.7 Å². The van der Waals surface area contributed by atoms with Gasteiger partial charge in [-0.2, -0.15) is 0 Å². The fourth-order valence-electron chi connectivity index (χ4n) is 3.06. The number of hydrogen-bond acceptors (Lipinski definition) is 2. The van der Waals surface area contributed by atoms with Gasteiger partial charge in [0.05, 0.1) is 0 Å². The summed E-state index contributed by atoms with van der Waals surface area (Å²) in [7, 11) is 0. The lowest BCUT2D eigenvalue weighted by atomic mass is 9.89. The fraction of sp³-hybridized carbons (Fsp3) is 0.769. The minimum Gasteiger partial charge on any atom is -0.345 e. The van der Waals surface area contributed by atoms with Crippen molar-refractivity contribution < 1.29 is 0 Å². The first-order valence-corrected chi connectivity index (χ1v) is 6.69. The Morgan fingerprint density at radius 3 is 2.69 bits per heavy atom. The summed E-state index contributed by atoms with van der Waals surface area (Å²) in [5.41, 5.74) is 1.35. The van der Waals surface area contributed by atoms with E-state index in [-0.39, 0.29) is 0 Å². The van der Waals surface area contributed by atoms with Crippen LogP contribution in [0.25, 0.3) is 0 Å². The molecule has 3 heteroatoms. The Kier molecular flexibility index (Phi) is 2.96. The first kappa shape index (κ1) is 10.3. The SMILES string of the molecule is c1nc(C2CCCCC2)[nH]c1C1CCNC1. The first-order chi connectivity index (χ1) is 7.93. The van der Waals surface area contributed by atoms with E-state index in [1.54, 1.807) is 0 Å². The third-order valence-electron chi connectivity index (χ3n) is 4.11. The maximum Gasteiger partial charge on any atom is 0.109 e. The largest absolute Gasteiger partial charge is 0.345 e. The number of hydrogen-bond donors (Lipinski definition) is 2. The van der Waals surface area contributed by atoms with Gasteiger partial charge >= 0.3 is 0 Å². The summed E-state index contributed by atoms with van der Waals surface area (Å²) in [5.74, 6) is 2.63. The van der Waals surface area contributed by atoms with Crippen LogP contribution in [0.4, 0.5) is 0 Å². The Morgan fingerprint density at radius 1 is 1.06 bits per heavy atom. The Bertz CT molecular complexity index is 333. The molecule has 1 aliphatic carbocycles. The molecule has 0 bridgehead atoms. The Balaban J connectivity index is 1.71. The zero-order valence-corrected chi connectivity index (χ0v) is 9.84. The molecule has 2 heterocycles. The van der Waals surface area contributed by atoms with Crippen LogP contribution < -0.4 is 5.32 Å². The Hall–Kier alpha value is -0.830. The predicted molar refractivity (Wildman–Crippen MR) is 64.6 cm³/mol. The molecule has 2 fully saturated rings. The van der Waals surface area contributed by atoms with Crippen LogP contribution >= 0.6 is 0 Å². The lowest BCUT2D eigenvalue weighted by Gasteiger charge is -2.19. The molecule has 3 nitrogen and oxygen atoms in total. The first-order valence-electron chi connectivity index (χ1n) is 6.69. The molecule has 0 spiro atoms. The molecule has 0 aromatic carbocycles. The highest BCUT2D eigenvalue weighted by Crippen LogP contribution is 2.32. The van der Waals surface area contributed by atoms with Crippen LogP contribution in [-0.2, 0) is 0 Å². The van der Waals surface area contributed by atoms with E-state index in [0.29, 0.717) is 11.8 Å². The molecule has 88 valence electrons. The van der Waals surface area contributed by atoms with Gasteiger partial charge in [0.25, 0.3) is 0 Å². The molecule has 1 aromatic rings. The minimum atomic E-state index is 0.671. The van der Waals surface area contributed by atoms with Crippen molar-refractivity contribution in [2.75, 3.05) is 13.1 Å². The van der Waals surface area contributed by atoms with Crippen LogP contribution in [0.1, 0.15) is 61.9 Å². The number of nitrogens with one attached hydrogen (secondary N) is 2. The smallest absolute Gasteiger partial charge is 0.109 e. The van der Waals surface area contributed by atoms with Gasteiger partial charge in [-0.3, -0.25) is 0 Å². The van der Waals surface area contributed by atoms with E-state index < -0.39 is 0 Å². The van der Waals surface area contributed by atoms with E-state index in [1.165, 1.54) is 50.0 Å². The normalized spacial score (nSPS) is 27.4. The van der Waals surface area contributed by atoms with Crippen LogP contribution in [0.3, 0.4) is 0 Å². The summed E-state index contributed by atoms with van der Waals surface area (Å²) in [4.78, 5) is 8.17. The number of rotatable bonds is 2. The Labute approximate surface area is 97.0 Å². The minimum absolute atomic E-state index is 0.671. The Morgan fingerprint density at radius 2 is 1.94 bits per heavy atom. The second kappa shape index (κ2) is 4.58. The zero-order valence-electron chi connectivity index (χ0n) is 9.84. The monoisotopic (exact) mass is 219 g/mol. The maximum atomic E-state index is 4.60. The van der Waals surface area contributed by atoms with Crippen molar-refractivity contribution in [2.45, 2.75) is 50.4 Å². The molecule has 2 N–H and O–H groups in total. The number of aromatic nitrogens is 2.